The smallest absolute Gasteiger partial charge is 0.331 e. The van der Waals surface area contributed by atoms with Gasteiger partial charge in [0, 0.05) is 12.1 Å². The van der Waals surface area contributed by atoms with Crippen LogP contribution in [0, 0.1) is 5.92 Å². The summed E-state index contributed by atoms with van der Waals surface area (Å²) in [5.41, 5.74) is 0.752. The molecule has 0 saturated carbocycles. The van der Waals surface area contributed by atoms with Crippen LogP contribution >= 0.6 is 0 Å². The molecule has 0 saturated heterocycles. The molecule has 1 aromatic carbocycles. The van der Waals surface area contributed by atoms with Gasteiger partial charge < -0.3 is 19.5 Å². The van der Waals surface area contributed by atoms with Gasteiger partial charge in [-0.05, 0) is 36.6 Å². The number of nitrogens with one attached hydrogen (secondary N) is 1. The molecule has 1 amide bonds. The molecule has 0 spiro atoms. The number of esters is 1. The maximum Gasteiger partial charge on any atom is 0.331 e. The molecule has 0 aliphatic rings. The van der Waals surface area contributed by atoms with E-state index in [0.717, 1.165) is 5.56 Å². The first-order chi connectivity index (χ1) is 11.4. The van der Waals surface area contributed by atoms with E-state index in [9.17, 15) is 9.59 Å². The van der Waals surface area contributed by atoms with Crippen LogP contribution in [0.3, 0.4) is 0 Å². The lowest BCUT2D eigenvalue weighted by Crippen LogP contribution is -2.38. The highest BCUT2D eigenvalue weighted by Gasteiger charge is 2.11. The van der Waals surface area contributed by atoms with Gasteiger partial charge in [-0.25, -0.2) is 4.79 Å². The number of ether oxygens (including phenoxy) is 3. The standard InChI is InChI=1S/C18H25NO5/c1-12(2)13(3)19-17(20)11-24-18(21)9-7-14-6-8-15(22-4)16(10-14)23-5/h6-10,12-13H,11H2,1-5H3,(H,19,20)/b9-7+/t13-/m1/s1. The third kappa shape index (κ3) is 6.32. The summed E-state index contributed by atoms with van der Waals surface area (Å²) in [5, 5.41) is 2.77. The minimum atomic E-state index is -0.586. The Balaban J connectivity index is 2.53. The van der Waals surface area contributed by atoms with E-state index in [1.165, 1.54) is 13.2 Å². The van der Waals surface area contributed by atoms with Crippen molar-refractivity contribution in [3.63, 3.8) is 0 Å². The Hall–Kier alpha value is -2.50. The van der Waals surface area contributed by atoms with Gasteiger partial charge in [0.1, 0.15) is 0 Å². The lowest BCUT2D eigenvalue weighted by Gasteiger charge is -2.16. The molecule has 0 fully saturated rings. The van der Waals surface area contributed by atoms with E-state index in [2.05, 4.69) is 5.32 Å². The summed E-state index contributed by atoms with van der Waals surface area (Å²) in [7, 11) is 3.09. The summed E-state index contributed by atoms with van der Waals surface area (Å²) in [4.78, 5) is 23.3. The van der Waals surface area contributed by atoms with Crippen LogP contribution in [0.1, 0.15) is 26.3 Å². The minimum Gasteiger partial charge on any atom is -0.493 e. The molecule has 6 heteroatoms. The van der Waals surface area contributed by atoms with E-state index >= 15 is 0 Å². The average Bonchev–Trinajstić information content (AvgIpc) is 2.57. The number of benzene rings is 1. The van der Waals surface area contributed by atoms with Crippen molar-refractivity contribution < 1.29 is 23.8 Å². The van der Waals surface area contributed by atoms with Crippen molar-refractivity contribution in [2.45, 2.75) is 26.8 Å². The third-order valence-electron chi connectivity index (χ3n) is 3.55. The van der Waals surface area contributed by atoms with Crippen LogP contribution in [0.4, 0.5) is 0 Å². The molecule has 6 nitrogen and oxygen atoms in total. The van der Waals surface area contributed by atoms with E-state index in [-0.39, 0.29) is 18.6 Å². The SMILES string of the molecule is COc1ccc(/C=C/C(=O)OCC(=O)N[C@H](C)C(C)C)cc1OC. The summed E-state index contributed by atoms with van der Waals surface area (Å²) in [6.45, 7) is 5.61. The first-order valence-corrected chi connectivity index (χ1v) is 7.73. The van der Waals surface area contributed by atoms with Gasteiger partial charge in [-0.2, -0.15) is 0 Å². The highest BCUT2D eigenvalue weighted by atomic mass is 16.5. The molecule has 132 valence electrons. The van der Waals surface area contributed by atoms with Crippen LogP contribution < -0.4 is 14.8 Å². The predicted molar refractivity (Wildman–Crippen MR) is 92.0 cm³/mol. The molecule has 24 heavy (non-hydrogen) atoms. The monoisotopic (exact) mass is 335 g/mol. The molecule has 0 bridgehead atoms. The molecule has 0 unspecified atom stereocenters. The zero-order valence-corrected chi connectivity index (χ0v) is 14.8. The molecule has 0 aliphatic heterocycles. The first-order valence-electron chi connectivity index (χ1n) is 7.73. The third-order valence-corrected chi connectivity index (χ3v) is 3.55. The number of carbonyl (C=O) groups excluding carboxylic acids is 2. The second kappa shape index (κ2) is 9.60. The van der Waals surface area contributed by atoms with Crippen LogP contribution in [0.15, 0.2) is 24.3 Å². The van der Waals surface area contributed by atoms with Gasteiger partial charge in [0.05, 0.1) is 14.2 Å². The molecule has 1 N–H and O–H groups in total. The molecule has 0 heterocycles. The summed E-state index contributed by atoms with van der Waals surface area (Å²) >= 11 is 0. The first kappa shape index (κ1) is 19.5. The van der Waals surface area contributed by atoms with Crippen molar-refractivity contribution in [2.24, 2.45) is 5.92 Å². The van der Waals surface area contributed by atoms with Crippen LogP contribution in [0.2, 0.25) is 0 Å². The fourth-order valence-corrected chi connectivity index (χ4v) is 1.77. The number of methoxy groups -OCH3 is 2. The Morgan fingerprint density at radius 2 is 1.79 bits per heavy atom. The highest BCUT2D eigenvalue weighted by molar-refractivity contribution is 5.89. The van der Waals surface area contributed by atoms with Crippen molar-refractivity contribution in [2.75, 3.05) is 20.8 Å². The Kier molecular flexibility index (Phi) is 7.82. The molecular weight excluding hydrogens is 310 g/mol. The fraction of sp³-hybridized carbons (Fsp3) is 0.444. The lowest BCUT2D eigenvalue weighted by atomic mass is 10.1. The quantitative estimate of drug-likeness (QED) is 0.583. The van der Waals surface area contributed by atoms with Gasteiger partial charge in [0.25, 0.3) is 5.91 Å². The fourth-order valence-electron chi connectivity index (χ4n) is 1.77. The van der Waals surface area contributed by atoms with Crippen molar-refractivity contribution in [1.29, 1.82) is 0 Å². The van der Waals surface area contributed by atoms with Crippen molar-refractivity contribution >= 4 is 18.0 Å². The number of carbonyl (C=O) groups is 2. The van der Waals surface area contributed by atoms with Crippen molar-refractivity contribution in [3.05, 3.63) is 29.8 Å². The molecule has 0 radical (unpaired) electrons. The molecular formula is C18H25NO5. The normalized spacial score (nSPS) is 12.1. The number of hydrogen-bond acceptors (Lipinski definition) is 5. The Morgan fingerprint density at radius 3 is 2.38 bits per heavy atom. The van der Waals surface area contributed by atoms with Crippen LogP contribution in [0.25, 0.3) is 6.08 Å². The molecule has 0 aliphatic carbocycles. The number of hydrogen-bond donors (Lipinski definition) is 1. The van der Waals surface area contributed by atoms with E-state index in [1.54, 1.807) is 31.4 Å². The summed E-state index contributed by atoms with van der Waals surface area (Å²) in [6.07, 6.45) is 2.85. The summed E-state index contributed by atoms with van der Waals surface area (Å²) < 4.78 is 15.2. The van der Waals surface area contributed by atoms with Gasteiger partial charge >= 0.3 is 5.97 Å². The lowest BCUT2D eigenvalue weighted by molar-refractivity contribution is -0.144. The molecule has 1 atom stereocenters. The second-order valence-electron chi connectivity index (χ2n) is 5.66. The topological polar surface area (TPSA) is 73.9 Å². The minimum absolute atomic E-state index is 0.0264. The average molecular weight is 335 g/mol. The van der Waals surface area contributed by atoms with Gasteiger partial charge in [-0.15, -0.1) is 0 Å². The van der Waals surface area contributed by atoms with E-state index in [1.807, 2.05) is 20.8 Å². The van der Waals surface area contributed by atoms with E-state index in [0.29, 0.717) is 17.4 Å². The maximum absolute atomic E-state index is 11.7. The second-order valence-corrected chi connectivity index (χ2v) is 5.66. The van der Waals surface area contributed by atoms with Crippen molar-refractivity contribution in [1.82, 2.24) is 5.32 Å². The number of rotatable bonds is 8. The zero-order chi connectivity index (χ0) is 18.1. The Labute approximate surface area is 142 Å². The molecule has 1 aromatic rings. The van der Waals surface area contributed by atoms with Crippen LogP contribution in [-0.2, 0) is 14.3 Å². The van der Waals surface area contributed by atoms with E-state index in [4.69, 9.17) is 14.2 Å². The molecule has 1 rings (SSSR count). The Morgan fingerprint density at radius 1 is 1.12 bits per heavy atom. The highest BCUT2D eigenvalue weighted by Crippen LogP contribution is 2.27. The van der Waals surface area contributed by atoms with E-state index < -0.39 is 5.97 Å². The van der Waals surface area contributed by atoms with Gasteiger partial charge in [-0.3, -0.25) is 4.79 Å². The molecule has 0 aromatic heterocycles. The van der Waals surface area contributed by atoms with Crippen LogP contribution in [-0.4, -0.2) is 38.7 Å². The predicted octanol–water partition coefficient (Wildman–Crippen LogP) is 2.42. The largest absolute Gasteiger partial charge is 0.493 e. The van der Waals surface area contributed by atoms with Gasteiger partial charge in [-0.1, -0.05) is 19.9 Å². The summed E-state index contributed by atoms with van der Waals surface area (Å²) in [5.74, 6) is 0.582. The van der Waals surface area contributed by atoms with Gasteiger partial charge in [0.15, 0.2) is 18.1 Å². The maximum atomic E-state index is 11.7. The zero-order valence-electron chi connectivity index (χ0n) is 14.8. The van der Waals surface area contributed by atoms with Crippen molar-refractivity contribution in [3.8, 4) is 11.5 Å². The van der Waals surface area contributed by atoms with Gasteiger partial charge in [0.2, 0.25) is 0 Å². The van der Waals surface area contributed by atoms with Crippen LogP contribution in [0.5, 0.6) is 11.5 Å². The Bertz CT molecular complexity index is 595. The summed E-state index contributed by atoms with van der Waals surface area (Å²) in [6, 6.07) is 5.28. The number of amides is 1.